The molecule has 0 radical (unpaired) electrons. The van der Waals surface area contributed by atoms with Crippen LogP contribution in [0.5, 0.6) is 0 Å². The molecule has 0 unspecified atom stereocenters. The van der Waals surface area contributed by atoms with Crippen LogP contribution in [0.15, 0.2) is 11.4 Å². The van der Waals surface area contributed by atoms with E-state index in [2.05, 4.69) is 15.3 Å². The lowest BCUT2D eigenvalue weighted by atomic mass is 10.1. The summed E-state index contributed by atoms with van der Waals surface area (Å²) in [6, 6.07) is 0. The van der Waals surface area contributed by atoms with E-state index < -0.39 is 0 Å². The van der Waals surface area contributed by atoms with Gasteiger partial charge in [0.15, 0.2) is 0 Å². The Morgan fingerprint density at radius 1 is 1.28 bits per heavy atom. The predicted molar refractivity (Wildman–Crippen MR) is 101 cm³/mol. The van der Waals surface area contributed by atoms with Crippen LogP contribution in [0.4, 0.5) is 0 Å². The van der Waals surface area contributed by atoms with Gasteiger partial charge in [-0.1, -0.05) is 18.2 Å². The SMILES string of the molecule is O=C(CSc1ncnc2sc3c(c12)CCCCC3)NC[C@@H]1CCCO1. The van der Waals surface area contributed by atoms with Crippen LogP contribution < -0.4 is 5.32 Å². The Bertz CT molecular complexity index is 756. The highest BCUT2D eigenvalue weighted by atomic mass is 32.2. The van der Waals surface area contributed by atoms with E-state index >= 15 is 0 Å². The third-order valence-electron chi connectivity index (χ3n) is 4.86. The molecule has 1 saturated heterocycles. The van der Waals surface area contributed by atoms with Gasteiger partial charge in [0.25, 0.3) is 0 Å². The first-order valence-corrected chi connectivity index (χ1v) is 10.9. The minimum Gasteiger partial charge on any atom is -0.376 e. The molecular weight excluding hydrogens is 354 g/mol. The molecule has 1 fully saturated rings. The molecule has 4 rings (SSSR count). The maximum Gasteiger partial charge on any atom is 0.230 e. The zero-order valence-corrected chi connectivity index (χ0v) is 15.9. The summed E-state index contributed by atoms with van der Waals surface area (Å²) in [5, 5.41) is 5.13. The predicted octanol–water partition coefficient (Wildman–Crippen LogP) is 3.35. The largest absolute Gasteiger partial charge is 0.376 e. The maximum absolute atomic E-state index is 12.2. The minimum atomic E-state index is 0.0496. The summed E-state index contributed by atoms with van der Waals surface area (Å²) in [4.78, 5) is 23.7. The molecule has 1 amide bonds. The molecule has 7 heteroatoms. The van der Waals surface area contributed by atoms with Crippen LogP contribution >= 0.6 is 23.1 Å². The number of fused-ring (bicyclic) bond motifs is 3. The van der Waals surface area contributed by atoms with E-state index in [9.17, 15) is 4.79 Å². The summed E-state index contributed by atoms with van der Waals surface area (Å²) in [7, 11) is 0. The molecule has 0 bridgehead atoms. The molecule has 0 aromatic carbocycles. The molecule has 1 aliphatic heterocycles. The van der Waals surface area contributed by atoms with Gasteiger partial charge in [-0.05, 0) is 44.1 Å². The summed E-state index contributed by atoms with van der Waals surface area (Å²) in [6.07, 6.45) is 10.0. The van der Waals surface area contributed by atoms with Crippen molar-refractivity contribution in [1.29, 1.82) is 0 Å². The Morgan fingerprint density at radius 3 is 3.08 bits per heavy atom. The van der Waals surface area contributed by atoms with E-state index in [-0.39, 0.29) is 12.0 Å². The molecule has 2 aromatic rings. The number of hydrogen-bond donors (Lipinski definition) is 1. The van der Waals surface area contributed by atoms with Crippen molar-refractivity contribution in [3.63, 3.8) is 0 Å². The fourth-order valence-electron chi connectivity index (χ4n) is 3.57. The van der Waals surface area contributed by atoms with E-state index in [1.165, 1.54) is 46.9 Å². The van der Waals surface area contributed by atoms with Gasteiger partial charge in [0.2, 0.25) is 5.91 Å². The average molecular weight is 378 g/mol. The molecule has 0 saturated carbocycles. The molecule has 1 atom stereocenters. The minimum absolute atomic E-state index is 0.0496. The van der Waals surface area contributed by atoms with E-state index in [0.29, 0.717) is 12.3 Å². The molecular formula is C18H23N3O2S2. The van der Waals surface area contributed by atoms with Crippen LogP contribution in [0.25, 0.3) is 10.2 Å². The van der Waals surface area contributed by atoms with Crippen LogP contribution in [0.1, 0.15) is 42.5 Å². The Kier molecular flexibility index (Phi) is 5.53. The van der Waals surface area contributed by atoms with Crippen molar-refractivity contribution in [3.05, 3.63) is 16.8 Å². The lowest BCUT2D eigenvalue weighted by Crippen LogP contribution is -2.32. The lowest BCUT2D eigenvalue weighted by molar-refractivity contribution is -0.119. The molecule has 1 N–H and O–H groups in total. The lowest BCUT2D eigenvalue weighted by Gasteiger charge is -2.10. The van der Waals surface area contributed by atoms with Crippen molar-refractivity contribution in [1.82, 2.24) is 15.3 Å². The van der Waals surface area contributed by atoms with Crippen molar-refractivity contribution in [3.8, 4) is 0 Å². The fourth-order valence-corrected chi connectivity index (χ4v) is 5.71. The third kappa shape index (κ3) is 3.99. The molecule has 0 spiro atoms. The Balaban J connectivity index is 1.44. The van der Waals surface area contributed by atoms with Crippen LogP contribution in [0.3, 0.4) is 0 Å². The first-order chi connectivity index (χ1) is 12.3. The van der Waals surface area contributed by atoms with Crippen molar-refractivity contribution >= 4 is 39.2 Å². The summed E-state index contributed by atoms with van der Waals surface area (Å²) in [6.45, 7) is 1.43. The van der Waals surface area contributed by atoms with Gasteiger partial charge in [0.1, 0.15) is 16.2 Å². The number of thioether (sulfide) groups is 1. The van der Waals surface area contributed by atoms with Gasteiger partial charge in [-0.15, -0.1) is 11.3 Å². The van der Waals surface area contributed by atoms with Crippen LogP contribution in [0.2, 0.25) is 0 Å². The number of ether oxygens (including phenoxy) is 1. The number of amides is 1. The number of thiophene rings is 1. The van der Waals surface area contributed by atoms with Gasteiger partial charge in [0, 0.05) is 23.4 Å². The zero-order valence-electron chi connectivity index (χ0n) is 14.3. The Hall–Kier alpha value is -1.18. The quantitative estimate of drug-likeness (QED) is 0.492. The molecule has 25 heavy (non-hydrogen) atoms. The van der Waals surface area contributed by atoms with Crippen molar-refractivity contribution in [2.24, 2.45) is 0 Å². The smallest absolute Gasteiger partial charge is 0.230 e. The number of aryl methyl sites for hydroxylation is 2. The van der Waals surface area contributed by atoms with Gasteiger partial charge < -0.3 is 10.1 Å². The second kappa shape index (κ2) is 8.01. The number of nitrogens with zero attached hydrogens (tertiary/aromatic N) is 2. The monoisotopic (exact) mass is 377 g/mol. The molecule has 2 aromatic heterocycles. The third-order valence-corrected chi connectivity index (χ3v) is 7.05. The molecule has 2 aliphatic rings. The Morgan fingerprint density at radius 2 is 2.20 bits per heavy atom. The standard InChI is InChI=1S/C18H23N3O2S2/c22-15(19-9-12-5-4-8-23-12)10-24-17-16-13-6-2-1-3-7-14(13)25-18(16)21-11-20-17/h11-12H,1-10H2,(H,19,22)/t12-/m0/s1. The molecule has 5 nitrogen and oxygen atoms in total. The van der Waals surface area contributed by atoms with Gasteiger partial charge in [-0.3, -0.25) is 4.79 Å². The average Bonchev–Trinajstić information content (AvgIpc) is 3.21. The first-order valence-electron chi connectivity index (χ1n) is 9.07. The Labute approximate surface area is 156 Å². The van der Waals surface area contributed by atoms with Crippen molar-refractivity contribution in [2.75, 3.05) is 18.9 Å². The van der Waals surface area contributed by atoms with Crippen molar-refractivity contribution in [2.45, 2.75) is 56.1 Å². The van der Waals surface area contributed by atoms with Gasteiger partial charge in [0.05, 0.1) is 11.9 Å². The molecule has 3 heterocycles. The summed E-state index contributed by atoms with van der Waals surface area (Å²) < 4.78 is 5.55. The number of rotatable bonds is 5. The van der Waals surface area contributed by atoms with Crippen molar-refractivity contribution < 1.29 is 9.53 Å². The summed E-state index contributed by atoms with van der Waals surface area (Å²) in [5.41, 5.74) is 1.43. The maximum atomic E-state index is 12.2. The second-order valence-electron chi connectivity index (χ2n) is 6.65. The second-order valence-corrected chi connectivity index (χ2v) is 8.70. The topological polar surface area (TPSA) is 64.1 Å². The van der Waals surface area contributed by atoms with Crippen LogP contribution in [-0.4, -0.2) is 40.9 Å². The van der Waals surface area contributed by atoms with E-state index in [1.54, 1.807) is 6.33 Å². The number of carbonyl (C=O) groups excluding carboxylic acids is 1. The number of carbonyl (C=O) groups is 1. The van der Waals surface area contributed by atoms with Gasteiger partial charge in [-0.2, -0.15) is 0 Å². The van der Waals surface area contributed by atoms with Gasteiger partial charge in [-0.25, -0.2) is 9.97 Å². The van der Waals surface area contributed by atoms with E-state index in [1.807, 2.05) is 11.3 Å². The van der Waals surface area contributed by atoms with E-state index in [0.717, 1.165) is 42.1 Å². The number of aromatic nitrogens is 2. The first kappa shape index (κ1) is 17.2. The fraction of sp³-hybridized carbons (Fsp3) is 0.611. The zero-order chi connectivity index (χ0) is 17.1. The highest BCUT2D eigenvalue weighted by molar-refractivity contribution is 8.00. The van der Waals surface area contributed by atoms with Gasteiger partial charge >= 0.3 is 0 Å². The highest BCUT2D eigenvalue weighted by Crippen LogP contribution is 2.38. The summed E-state index contributed by atoms with van der Waals surface area (Å²) >= 11 is 3.33. The van der Waals surface area contributed by atoms with E-state index in [4.69, 9.17) is 4.74 Å². The highest BCUT2D eigenvalue weighted by Gasteiger charge is 2.20. The number of hydrogen-bond acceptors (Lipinski definition) is 6. The molecule has 134 valence electrons. The normalized spacial score (nSPS) is 20.4. The number of nitrogens with one attached hydrogen (secondary N) is 1. The van der Waals surface area contributed by atoms with Crippen LogP contribution in [-0.2, 0) is 22.4 Å². The van der Waals surface area contributed by atoms with Crippen LogP contribution in [0, 0.1) is 0 Å². The molecule has 1 aliphatic carbocycles. The summed E-state index contributed by atoms with van der Waals surface area (Å²) in [5.74, 6) is 0.442.